The van der Waals surface area contributed by atoms with Gasteiger partial charge >= 0.3 is 6.03 Å². The van der Waals surface area contributed by atoms with Crippen LogP contribution in [-0.4, -0.2) is 32.0 Å². The summed E-state index contributed by atoms with van der Waals surface area (Å²) in [5.74, 6) is 2.13. The standard InChI is InChI=1S/C15H20N2O4/c18-15(17-11-3-1-2-4-11)16-7-8-19-12-5-6-13-14(9-12)21-10-20-13/h5-6,9,11H,1-4,7-8,10H2,(H2,16,17,18). The van der Waals surface area contributed by atoms with E-state index in [9.17, 15) is 4.79 Å². The molecule has 114 valence electrons. The molecule has 3 rings (SSSR count). The molecule has 2 N–H and O–H groups in total. The monoisotopic (exact) mass is 292 g/mol. The summed E-state index contributed by atoms with van der Waals surface area (Å²) in [7, 11) is 0. The zero-order chi connectivity index (χ0) is 14.5. The summed E-state index contributed by atoms with van der Waals surface area (Å²) in [6.45, 7) is 1.13. The number of nitrogens with one attached hydrogen (secondary N) is 2. The van der Waals surface area contributed by atoms with Crippen molar-refractivity contribution in [2.45, 2.75) is 31.7 Å². The molecule has 0 atom stereocenters. The average Bonchev–Trinajstić information content (AvgIpc) is 3.14. The predicted octanol–water partition coefficient (Wildman–Crippen LogP) is 2.04. The second kappa shape index (κ2) is 6.56. The number of benzene rings is 1. The molecule has 21 heavy (non-hydrogen) atoms. The van der Waals surface area contributed by atoms with Crippen LogP contribution in [-0.2, 0) is 0 Å². The van der Waals surface area contributed by atoms with Crippen LogP contribution in [0.3, 0.4) is 0 Å². The highest BCUT2D eigenvalue weighted by Crippen LogP contribution is 2.34. The molecule has 0 spiro atoms. The van der Waals surface area contributed by atoms with E-state index in [1.165, 1.54) is 12.8 Å². The normalized spacial score (nSPS) is 16.8. The van der Waals surface area contributed by atoms with Crippen molar-refractivity contribution in [3.63, 3.8) is 0 Å². The maximum absolute atomic E-state index is 11.6. The van der Waals surface area contributed by atoms with Crippen molar-refractivity contribution in [3.05, 3.63) is 18.2 Å². The minimum Gasteiger partial charge on any atom is -0.492 e. The molecular formula is C15H20N2O4. The average molecular weight is 292 g/mol. The number of hydrogen-bond acceptors (Lipinski definition) is 4. The molecule has 0 bridgehead atoms. The van der Waals surface area contributed by atoms with Gasteiger partial charge in [-0.3, -0.25) is 0 Å². The van der Waals surface area contributed by atoms with Crippen molar-refractivity contribution in [3.8, 4) is 17.2 Å². The van der Waals surface area contributed by atoms with Crippen molar-refractivity contribution in [2.24, 2.45) is 0 Å². The van der Waals surface area contributed by atoms with E-state index in [-0.39, 0.29) is 12.8 Å². The number of urea groups is 1. The van der Waals surface area contributed by atoms with Gasteiger partial charge in [0.1, 0.15) is 12.4 Å². The van der Waals surface area contributed by atoms with Crippen LogP contribution in [0.25, 0.3) is 0 Å². The smallest absolute Gasteiger partial charge is 0.315 e. The Morgan fingerprint density at radius 2 is 2.05 bits per heavy atom. The van der Waals surface area contributed by atoms with Crippen molar-refractivity contribution in [1.82, 2.24) is 10.6 Å². The highest BCUT2D eigenvalue weighted by Gasteiger charge is 2.16. The first-order chi connectivity index (χ1) is 10.3. The zero-order valence-corrected chi connectivity index (χ0v) is 11.9. The summed E-state index contributed by atoms with van der Waals surface area (Å²) in [4.78, 5) is 11.6. The quantitative estimate of drug-likeness (QED) is 0.815. The fourth-order valence-corrected chi connectivity index (χ4v) is 2.61. The number of rotatable bonds is 5. The van der Waals surface area contributed by atoms with E-state index in [4.69, 9.17) is 14.2 Å². The van der Waals surface area contributed by atoms with Gasteiger partial charge in [-0.15, -0.1) is 0 Å². The first-order valence-corrected chi connectivity index (χ1v) is 7.38. The van der Waals surface area contributed by atoms with Crippen molar-refractivity contribution in [1.29, 1.82) is 0 Å². The van der Waals surface area contributed by atoms with Crippen LogP contribution in [0.15, 0.2) is 18.2 Å². The van der Waals surface area contributed by atoms with Crippen LogP contribution in [0.4, 0.5) is 4.79 Å². The summed E-state index contributed by atoms with van der Waals surface area (Å²) < 4.78 is 16.1. The molecule has 1 aromatic carbocycles. The van der Waals surface area contributed by atoms with E-state index in [0.717, 1.165) is 18.6 Å². The van der Waals surface area contributed by atoms with Crippen LogP contribution < -0.4 is 24.8 Å². The maximum atomic E-state index is 11.6. The molecule has 1 aliphatic heterocycles. The van der Waals surface area contributed by atoms with Gasteiger partial charge in [-0.25, -0.2) is 4.79 Å². The predicted molar refractivity (Wildman–Crippen MR) is 76.9 cm³/mol. The lowest BCUT2D eigenvalue weighted by Gasteiger charge is -2.13. The van der Waals surface area contributed by atoms with E-state index in [1.807, 2.05) is 12.1 Å². The van der Waals surface area contributed by atoms with Crippen LogP contribution in [0.5, 0.6) is 17.2 Å². The third-order valence-electron chi connectivity index (χ3n) is 3.69. The van der Waals surface area contributed by atoms with Gasteiger partial charge in [-0.2, -0.15) is 0 Å². The molecular weight excluding hydrogens is 272 g/mol. The molecule has 2 aliphatic rings. The molecule has 1 saturated carbocycles. The fraction of sp³-hybridized carbons (Fsp3) is 0.533. The highest BCUT2D eigenvalue weighted by atomic mass is 16.7. The van der Waals surface area contributed by atoms with Gasteiger partial charge in [0.2, 0.25) is 6.79 Å². The largest absolute Gasteiger partial charge is 0.492 e. The molecule has 1 aromatic rings. The van der Waals surface area contributed by atoms with Crippen molar-refractivity contribution >= 4 is 6.03 Å². The van der Waals surface area contributed by atoms with Crippen molar-refractivity contribution in [2.75, 3.05) is 19.9 Å². The summed E-state index contributed by atoms with van der Waals surface area (Å²) in [6, 6.07) is 5.65. The Balaban J connectivity index is 1.35. The summed E-state index contributed by atoms with van der Waals surface area (Å²) in [5.41, 5.74) is 0. The van der Waals surface area contributed by atoms with Crippen LogP contribution in [0.2, 0.25) is 0 Å². The van der Waals surface area contributed by atoms with Crippen LogP contribution >= 0.6 is 0 Å². The van der Waals surface area contributed by atoms with Crippen LogP contribution in [0.1, 0.15) is 25.7 Å². The maximum Gasteiger partial charge on any atom is 0.315 e. The lowest BCUT2D eigenvalue weighted by molar-refractivity contribution is 0.173. The Morgan fingerprint density at radius 3 is 2.90 bits per heavy atom. The third-order valence-corrected chi connectivity index (χ3v) is 3.69. The summed E-state index contributed by atoms with van der Waals surface area (Å²) in [6.07, 6.45) is 4.58. The number of amides is 2. The van der Waals surface area contributed by atoms with Gasteiger partial charge < -0.3 is 24.8 Å². The molecule has 0 aromatic heterocycles. The number of carbonyl (C=O) groups is 1. The number of fused-ring (bicyclic) bond motifs is 1. The van der Waals surface area contributed by atoms with Gasteiger partial charge in [0.15, 0.2) is 11.5 Å². The molecule has 6 heteroatoms. The van der Waals surface area contributed by atoms with E-state index >= 15 is 0 Å². The van der Waals surface area contributed by atoms with Gasteiger partial charge in [-0.05, 0) is 25.0 Å². The molecule has 0 saturated heterocycles. The molecule has 1 fully saturated rings. The number of hydrogen-bond donors (Lipinski definition) is 2. The molecule has 0 unspecified atom stereocenters. The minimum absolute atomic E-state index is 0.115. The number of ether oxygens (including phenoxy) is 3. The van der Waals surface area contributed by atoms with E-state index < -0.39 is 0 Å². The summed E-state index contributed by atoms with van der Waals surface area (Å²) >= 11 is 0. The Labute approximate surface area is 123 Å². The first kappa shape index (κ1) is 13.9. The number of carbonyl (C=O) groups excluding carboxylic acids is 1. The lowest BCUT2D eigenvalue weighted by Crippen LogP contribution is -2.42. The molecule has 2 amide bonds. The fourth-order valence-electron chi connectivity index (χ4n) is 2.61. The van der Waals surface area contributed by atoms with Gasteiger partial charge in [0.05, 0.1) is 6.54 Å². The van der Waals surface area contributed by atoms with Gasteiger partial charge in [0.25, 0.3) is 0 Å². The third kappa shape index (κ3) is 3.71. The molecule has 6 nitrogen and oxygen atoms in total. The molecule has 1 heterocycles. The van der Waals surface area contributed by atoms with Gasteiger partial charge in [0, 0.05) is 12.1 Å². The Hall–Kier alpha value is -2.11. The minimum atomic E-state index is -0.115. The topological polar surface area (TPSA) is 68.8 Å². The molecule has 1 aliphatic carbocycles. The van der Waals surface area contributed by atoms with E-state index in [1.54, 1.807) is 6.07 Å². The molecule has 0 radical (unpaired) electrons. The second-order valence-corrected chi connectivity index (χ2v) is 5.25. The first-order valence-electron chi connectivity index (χ1n) is 7.38. The van der Waals surface area contributed by atoms with Gasteiger partial charge in [-0.1, -0.05) is 12.8 Å². The van der Waals surface area contributed by atoms with Crippen LogP contribution in [0, 0.1) is 0 Å². The Bertz CT molecular complexity index is 500. The zero-order valence-electron chi connectivity index (χ0n) is 11.9. The lowest BCUT2D eigenvalue weighted by atomic mass is 10.2. The second-order valence-electron chi connectivity index (χ2n) is 5.25. The van der Waals surface area contributed by atoms with Crippen molar-refractivity contribution < 1.29 is 19.0 Å². The van der Waals surface area contributed by atoms with E-state index in [2.05, 4.69) is 10.6 Å². The van der Waals surface area contributed by atoms with E-state index in [0.29, 0.717) is 30.7 Å². The Kier molecular flexibility index (Phi) is 4.33. The SMILES string of the molecule is O=C(NCCOc1ccc2c(c1)OCO2)NC1CCCC1. The summed E-state index contributed by atoms with van der Waals surface area (Å²) in [5, 5.41) is 5.77. The highest BCUT2D eigenvalue weighted by molar-refractivity contribution is 5.74. The Morgan fingerprint density at radius 1 is 1.24 bits per heavy atom.